The molecule has 0 aromatic carbocycles. The lowest BCUT2D eigenvalue weighted by atomic mass is 9.93. The van der Waals surface area contributed by atoms with Gasteiger partial charge in [-0.15, -0.1) is 6.58 Å². The Bertz CT molecular complexity index is 208. The van der Waals surface area contributed by atoms with Crippen molar-refractivity contribution in [3.05, 3.63) is 12.7 Å². The van der Waals surface area contributed by atoms with Crippen LogP contribution in [0, 0.1) is 0 Å². The summed E-state index contributed by atoms with van der Waals surface area (Å²) in [5.41, 5.74) is 0. The highest BCUT2D eigenvalue weighted by atomic mass is 32.1. The molecule has 4 heteroatoms. The van der Waals surface area contributed by atoms with Gasteiger partial charge in [0.25, 0.3) is 0 Å². The summed E-state index contributed by atoms with van der Waals surface area (Å²) in [6.45, 7) is 4.26. The van der Waals surface area contributed by atoms with Crippen molar-refractivity contribution in [1.29, 1.82) is 0 Å². The van der Waals surface area contributed by atoms with Gasteiger partial charge in [-0.2, -0.15) is 0 Å². The lowest BCUT2D eigenvalue weighted by molar-refractivity contribution is 0.0997. The van der Waals surface area contributed by atoms with Gasteiger partial charge in [0, 0.05) is 6.54 Å². The summed E-state index contributed by atoms with van der Waals surface area (Å²) in [5.74, 6) is 0. The molecular weight excluding hydrogens is 196 g/mol. The third kappa shape index (κ3) is 3.64. The van der Waals surface area contributed by atoms with Crippen LogP contribution >= 0.6 is 12.2 Å². The van der Waals surface area contributed by atoms with Crippen molar-refractivity contribution in [2.24, 2.45) is 0 Å². The minimum atomic E-state index is -0.257. The van der Waals surface area contributed by atoms with Gasteiger partial charge in [0.05, 0.1) is 12.1 Å². The van der Waals surface area contributed by atoms with Crippen molar-refractivity contribution >= 4 is 17.3 Å². The van der Waals surface area contributed by atoms with Crippen LogP contribution in [-0.2, 0) is 0 Å². The molecule has 14 heavy (non-hydrogen) atoms. The highest BCUT2D eigenvalue weighted by Gasteiger charge is 2.22. The quantitative estimate of drug-likeness (QED) is 0.483. The first-order valence-electron chi connectivity index (χ1n) is 5.07. The summed E-state index contributed by atoms with van der Waals surface area (Å²) in [6.07, 6.45) is 5.65. The molecule has 0 heterocycles. The fourth-order valence-corrected chi connectivity index (χ4v) is 1.90. The Labute approximate surface area is 90.6 Å². The van der Waals surface area contributed by atoms with Gasteiger partial charge in [-0.3, -0.25) is 0 Å². The van der Waals surface area contributed by atoms with Crippen molar-refractivity contribution in [2.45, 2.75) is 37.8 Å². The highest BCUT2D eigenvalue weighted by Crippen LogP contribution is 2.17. The van der Waals surface area contributed by atoms with E-state index in [9.17, 15) is 5.11 Å². The maximum absolute atomic E-state index is 9.67. The molecule has 1 rings (SSSR count). The Morgan fingerprint density at radius 1 is 1.50 bits per heavy atom. The second kappa shape index (κ2) is 5.98. The maximum atomic E-state index is 9.67. The van der Waals surface area contributed by atoms with E-state index in [1.54, 1.807) is 6.08 Å². The number of thiocarbonyl (C=S) groups is 1. The van der Waals surface area contributed by atoms with Crippen LogP contribution in [0.3, 0.4) is 0 Å². The first-order valence-corrected chi connectivity index (χ1v) is 5.48. The normalized spacial score (nSPS) is 26.6. The molecule has 0 bridgehead atoms. The number of aliphatic hydroxyl groups is 1. The number of rotatable bonds is 3. The molecule has 0 aromatic heterocycles. The smallest absolute Gasteiger partial charge is 0.166 e. The molecule has 2 atom stereocenters. The summed E-state index contributed by atoms with van der Waals surface area (Å²) in [6, 6.07) is 0.119. The number of aliphatic hydroxyl groups excluding tert-OH is 1. The molecule has 0 saturated heterocycles. The van der Waals surface area contributed by atoms with E-state index in [0.29, 0.717) is 11.7 Å². The number of hydrogen-bond acceptors (Lipinski definition) is 2. The summed E-state index contributed by atoms with van der Waals surface area (Å²) in [7, 11) is 0. The summed E-state index contributed by atoms with van der Waals surface area (Å²) in [5, 5.41) is 16.4. The Hall–Kier alpha value is -0.610. The van der Waals surface area contributed by atoms with E-state index < -0.39 is 0 Å². The SMILES string of the molecule is C=CCNC(=S)N[C@H]1CCCC[C@@H]1O. The Kier molecular flexibility index (Phi) is 4.90. The van der Waals surface area contributed by atoms with Crippen LogP contribution < -0.4 is 10.6 Å². The van der Waals surface area contributed by atoms with Gasteiger partial charge in [-0.25, -0.2) is 0 Å². The maximum Gasteiger partial charge on any atom is 0.166 e. The van der Waals surface area contributed by atoms with E-state index >= 15 is 0 Å². The van der Waals surface area contributed by atoms with Crippen LogP contribution in [0.15, 0.2) is 12.7 Å². The zero-order valence-corrected chi connectivity index (χ0v) is 9.15. The predicted octanol–water partition coefficient (Wildman–Crippen LogP) is 0.940. The van der Waals surface area contributed by atoms with E-state index in [2.05, 4.69) is 17.2 Å². The largest absolute Gasteiger partial charge is 0.391 e. The average Bonchev–Trinajstić information content (AvgIpc) is 2.18. The van der Waals surface area contributed by atoms with E-state index in [0.717, 1.165) is 19.3 Å². The molecule has 1 saturated carbocycles. The molecule has 0 aromatic rings. The van der Waals surface area contributed by atoms with E-state index in [1.165, 1.54) is 6.42 Å². The molecule has 80 valence electrons. The first kappa shape index (κ1) is 11.5. The third-order valence-electron chi connectivity index (χ3n) is 2.45. The van der Waals surface area contributed by atoms with Crippen molar-refractivity contribution in [2.75, 3.05) is 6.54 Å². The second-order valence-electron chi connectivity index (χ2n) is 3.60. The average molecular weight is 214 g/mol. The van der Waals surface area contributed by atoms with Gasteiger partial charge in [0.1, 0.15) is 0 Å². The lowest BCUT2D eigenvalue weighted by Crippen LogP contribution is -2.48. The highest BCUT2D eigenvalue weighted by molar-refractivity contribution is 7.80. The molecule has 0 amide bonds. The summed E-state index contributed by atoms with van der Waals surface area (Å²) in [4.78, 5) is 0. The van der Waals surface area contributed by atoms with Gasteiger partial charge < -0.3 is 15.7 Å². The van der Waals surface area contributed by atoms with Crippen LogP contribution in [0.2, 0.25) is 0 Å². The molecule has 0 radical (unpaired) electrons. The van der Waals surface area contributed by atoms with Crippen molar-refractivity contribution in [3.8, 4) is 0 Å². The van der Waals surface area contributed by atoms with Gasteiger partial charge in [0.15, 0.2) is 5.11 Å². The van der Waals surface area contributed by atoms with Crippen molar-refractivity contribution < 1.29 is 5.11 Å². The lowest BCUT2D eigenvalue weighted by Gasteiger charge is -2.29. The van der Waals surface area contributed by atoms with Crippen LogP contribution in [0.1, 0.15) is 25.7 Å². The van der Waals surface area contributed by atoms with Gasteiger partial charge in [-0.1, -0.05) is 18.9 Å². The Morgan fingerprint density at radius 2 is 2.21 bits per heavy atom. The molecule has 3 N–H and O–H groups in total. The third-order valence-corrected chi connectivity index (χ3v) is 2.72. The van der Waals surface area contributed by atoms with Crippen LogP contribution in [-0.4, -0.2) is 28.9 Å². The van der Waals surface area contributed by atoms with Crippen LogP contribution in [0.4, 0.5) is 0 Å². The topological polar surface area (TPSA) is 44.3 Å². The van der Waals surface area contributed by atoms with Crippen molar-refractivity contribution in [3.63, 3.8) is 0 Å². The monoisotopic (exact) mass is 214 g/mol. The van der Waals surface area contributed by atoms with Gasteiger partial charge in [0.2, 0.25) is 0 Å². The number of nitrogens with one attached hydrogen (secondary N) is 2. The fourth-order valence-electron chi connectivity index (χ4n) is 1.66. The summed E-state index contributed by atoms with van der Waals surface area (Å²) < 4.78 is 0. The molecule has 0 unspecified atom stereocenters. The van der Waals surface area contributed by atoms with Crippen molar-refractivity contribution in [1.82, 2.24) is 10.6 Å². The van der Waals surface area contributed by atoms with Crippen LogP contribution in [0.5, 0.6) is 0 Å². The molecule has 0 aliphatic heterocycles. The zero-order valence-electron chi connectivity index (χ0n) is 8.33. The van der Waals surface area contributed by atoms with E-state index in [4.69, 9.17) is 12.2 Å². The number of hydrogen-bond donors (Lipinski definition) is 3. The molecule has 0 spiro atoms. The molecule has 1 fully saturated rings. The zero-order chi connectivity index (χ0) is 10.4. The second-order valence-corrected chi connectivity index (χ2v) is 4.01. The summed E-state index contributed by atoms with van der Waals surface area (Å²) >= 11 is 5.07. The minimum absolute atomic E-state index is 0.119. The van der Waals surface area contributed by atoms with Crippen LogP contribution in [0.25, 0.3) is 0 Å². The Balaban J connectivity index is 2.27. The fraction of sp³-hybridized carbons (Fsp3) is 0.700. The van der Waals surface area contributed by atoms with E-state index in [1.807, 2.05) is 0 Å². The van der Waals surface area contributed by atoms with Gasteiger partial charge >= 0.3 is 0 Å². The minimum Gasteiger partial charge on any atom is -0.391 e. The molecule has 3 nitrogen and oxygen atoms in total. The van der Waals surface area contributed by atoms with Gasteiger partial charge in [-0.05, 0) is 25.1 Å². The molecule has 1 aliphatic rings. The first-order chi connectivity index (χ1) is 6.74. The predicted molar refractivity (Wildman–Crippen MR) is 62.2 cm³/mol. The molecular formula is C10H18N2OS. The Morgan fingerprint density at radius 3 is 2.86 bits per heavy atom. The standard InChI is InChI=1S/C10H18N2OS/c1-2-7-11-10(14)12-8-5-3-4-6-9(8)13/h2,8-9,13H,1,3-7H2,(H2,11,12,14)/t8-,9-/m0/s1. The van der Waals surface area contributed by atoms with E-state index in [-0.39, 0.29) is 12.1 Å². The molecule has 1 aliphatic carbocycles.